The second kappa shape index (κ2) is 22.2. The minimum Gasteiger partial charge on any atom is -0.455 e. The van der Waals surface area contributed by atoms with E-state index in [1.54, 1.807) is 0 Å². The van der Waals surface area contributed by atoms with E-state index >= 15 is 0 Å². The maximum Gasteiger partial charge on any atom is 0.330 e. The summed E-state index contributed by atoms with van der Waals surface area (Å²) in [5, 5.41) is 0. The summed E-state index contributed by atoms with van der Waals surface area (Å²) in [7, 11) is 0. The number of rotatable bonds is 21. The molecule has 2 heteroatoms. The van der Waals surface area contributed by atoms with E-state index in [0.717, 1.165) is 19.3 Å². The van der Waals surface area contributed by atoms with Gasteiger partial charge in [-0.15, -0.1) is 0 Å². The Kier molecular flexibility index (Phi) is 21.4. The molecule has 164 valence electrons. The first-order valence-electron chi connectivity index (χ1n) is 12.2. The Morgan fingerprint density at radius 3 is 1.71 bits per heavy atom. The minimum absolute atomic E-state index is 0.0836. The van der Waals surface area contributed by atoms with E-state index in [9.17, 15) is 4.79 Å². The molecule has 0 saturated carbocycles. The van der Waals surface area contributed by atoms with Crippen molar-refractivity contribution in [3.63, 3.8) is 0 Å². The molecule has 0 aliphatic heterocycles. The highest BCUT2D eigenvalue weighted by atomic mass is 16.5. The molecule has 0 radical (unpaired) electrons. The van der Waals surface area contributed by atoms with Crippen LogP contribution >= 0.6 is 0 Å². The van der Waals surface area contributed by atoms with Gasteiger partial charge in [-0.25, -0.2) is 4.79 Å². The Bertz CT molecular complexity index is 373. The summed E-state index contributed by atoms with van der Waals surface area (Å²) in [5.41, 5.74) is 0. The van der Waals surface area contributed by atoms with Crippen LogP contribution in [0.3, 0.4) is 0 Å². The van der Waals surface area contributed by atoms with Crippen molar-refractivity contribution >= 4 is 5.97 Å². The summed E-state index contributed by atoms with van der Waals surface area (Å²) in [6.07, 6.45) is 28.9. The molecule has 0 aromatic carbocycles. The molecule has 0 rings (SSSR count). The van der Waals surface area contributed by atoms with Gasteiger partial charge < -0.3 is 4.74 Å². The van der Waals surface area contributed by atoms with E-state index in [1.165, 1.54) is 102 Å². The first-order valence-corrected chi connectivity index (χ1v) is 12.2. The summed E-state index contributed by atoms with van der Waals surface area (Å²) < 4.78 is 5.45. The molecule has 0 aliphatic carbocycles. The van der Waals surface area contributed by atoms with Crippen molar-refractivity contribution < 1.29 is 9.53 Å². The molecule has 0 N–H and O–H groups in total. The van der Waals surface area contributed by atoms with Crippen molar-refractivity contribution in [3.05, 3.63) is 24.8 Å². The normalized spacial score (nSPS) is 12.4. The van der Waals surface area contributed by atoms with Crippen LogP contribution < -0.4 is 0 Å². The summed E-state index contributed by atoms with van der Waals surface area (Å²) in [4.78, 5) is 11.5. The predicted molar refractivity (Wildman–Crippen MR) is 124 cm³/mol. The van der Waals surface area contributed by atoms with Crippen LogP contribution in [0.1, 0.15) is 129 Å². The molecule has 28 heavy (non-hydrogen) atoms. The third-order valence-electron chi connectivity index (χ3n) is 5.35. The van der Waals surface area contributed by atoms with Gasteiger partial charge in [0.15, 0.2) is 0 Å². The lowest BCUT2D eigenvalue weighted by atomic mass is 10.0. The SMILES string of the molecule is C=CC(=O)OC(/C=C/CCCCCCCCCCCCCC)CCCCCC. The monoisotopic (exact) mass is 392 g/mol. The third-order valence-corrected chi connectivity index (χ3v) is 5.35. The molecule has 1 atom stereocenters. The fourth-order valence-electron chi connectivity index (χ4n) is 3.52. The Morgan fingerprint density at radius 2 is 1.21 bits per heavy atom. The van der Waals surface area contributed by atoms with Crippen molar-refractivity contribution in [2.75, 3.05) is 0 Å². The van der Waals surface area contributed by atoms with Crippen molar-refractivity contribution in [3.8, 4) is 0 Å². The molecule has 1 unspecified atom stereocenters. The van der Waals surface area contributed by atoms with Gasteiger partial charge >= 0.3 is 5.97 Å². The topological polar surface area (TPSA) is 26.3 Å². The maximum atomic E-state index is 11.5. The summed E-state index contributed by atoms with van der Waals surface area (Å²) >= 11 is 0. The summed E-state index contributed by atoms with van der Waals surface area (Å²) in [5.74, 6) is -0.310. The number of carbonyl (C=O) groups excluding carboxylic acids is 1. The van der Waals surface area contributed by atoms with Crippen LogP contribution in [-0.4, -0.2) is 12.1 Å². The van der Waals surface area contributed by atoms with E-state index < -0.39 is 0 Å². The second-order valence-corrected chi connectivity index (χ2v) is 8.13. The molecule has 0 aromatic heterocycles. The number of ether oxygens (including phenoxy) is 1. The summed E-state index contributed by atoms with van der Waals surface area (Å²) in [6, 6.07) is 0. The molecule has 0 saturated heterocycles. The maximum absolute atomic E-state index is 11.5. The minimum atomic E-state index is -0.310. The van der Waals surface area contributed by atoms with Crippen LogP contribution in [0.15, 0.2) is 24.8 Å². The molecular weight excluding hydrogens is 344 g/mol. The molecule has 0 fully saturated rings. The first kappa shape index (κ1) is 27.0. The first-order chi connectivity index (χ1) is 13.7. The van der Waals surface area contributed by atoms with Crippen molar-refractivity contribution in [2.45, 2.75) is 136 Å². The number of esters is 1. The van der Waals surface area contributed by atoms with Gasteiger partial charge in [-0.3, -0.25) is 0 Å². The Morgan fingerprint density at radius 1 is 0.750 bits per heavy atom. The molecule has 0 heterocycles. The van der Waals surface area contributed by atoms with E-state index in [1.807, 2.05) is 0 Å². The number of hydrogen-bond donors (Lipinski definition) is 0. The molecule has 0 amide bonds. The van der Waals surface area contributed by atoms with Gasteiger partial charge in [0.1, 0.15) is 6.10 Å². The lowest BCUT2D eigenvalue weighted by Gasteiger charge is -2.13. The van der Waals surface area contributed by atoms with E-state index in [0.29, 0.717) is 0 Å². The zero-order valence-corrected chi connectivity index (χ0v) is 19.1. The molecule has 0 bridgehead atoms. The van der Waals surface area contributed by atoms with Crippen LogP contribution in [0.2, 0.25) is 0 Å². The zero-order valence-electron chi connectivity index (χ0n) is 19.1. The fourth-order valence-corrected chi connectivity index (χ4v) is 3.52. The predicted octanol–water partition coefficient (Wildman–Crippen LogP) is 8.70. The number of hydrogen-bond acceptors (Lipinski definition) is 2. The lowest BCUT2D eigenvalue weighted by Crippen LogP contribution is -2.14. The highest BCUT2D eigenvalue weighted by Gasteiger charge is 2.08. The van der Waals surface area contributed by atoms with E-state index in [2.05, 4.69) is 32.6 Å². The van der Waals surface area contributed by atoms with Crippen LogP contribution in [0.25, 0.3) is 0 Å². The van der Waals surface area contributed by atoms with Gasteiger partial charge in [-0.1, -0.05) is 116 Å². The Hall–Kier alpha value is -1.05. The van der Waals surface area contributed by atoms with Gasteiger partial charge in [0.05, 0.1) is 0 Å². The smallest absolute Gasteiger partial charge is 0.330 e. The average molecular weight is 393 g/mol. The largest absolute Gasteiger partial charge is 0.455 e. The standard InChI is InChI=1S/C26H48O2/c1-4-7-9-11-12-13-14-15-16-17-18-19-20-22-24-25(28-26(27)6-3)23-21-10-8-5-2/h6,22,24-25H,3-5,7-21,23H2,1-2H3/b24-22+. The van der Waals surface area contributed by atoms with Crippen LogP contribution in [-0.2, 0) is 9.53 Å². The van der Waals surface area contributed by atoms with Gasteiger partial charge in [0, 0.05) is 6.08 Å². The highest BCUT2D eigenvalue weighted by molar-refractivity contribution is 5.81. The van der Waals surface area contributed by atoms with Crippen LogP contribution in [0.5, 0.6) is 0 Å². The lowest BCUT2D eigenvalue weighted by molar-refractivity contribution is -0.141. The third kappa shape index (κ3) is 19.7. The van der Waals surface area contributed by atoms with Gasteiger partial charge in [-0.2, -0.15) is 0 Å². The van der Waals surface area contributed by atoms with Crippen molar-refractivity contribution in [2.24, 2.45) is 0 Å². The number of unbranched alkanes of at least 4 members (excludes halogenated alkanes) is 15. The van der Waals surface area contributed by atoms with Gasteiger partial charge in [0.25, 0.3) is 0 Å². The quantitative estimate of drug-likeness (QED) is 0.0844. The fraction of sp³-hybridized carbons (Fsp3) is 0.808. The molecule has 0 spiro atoms. The molecule has 2 nitrogen and oxygen atoms in total. The molecular formula is C26H48O2. The average Bonchev–Trinajstić information content (AvgIpc) is 2.70. The van der Waals surface area contributed by atoms with Crippen molar-refractivity contribution in [1.82, 2.24) is 0 Å². The molecule has 0 aromatic rings. The summed E-state index contributed by atoms with van der Waals surface area (Å²) in [6.45, 7) is 7.99. The van der Waals surface area contributed by atoms with Gasteiger partial charge in [0.2, 0.25) is 0 Å². The van der Waals surface area contributed by atoms with E-state index in [4.69, 9.17) is 4.74 Å². The Balaban J connectivity index is 3.65. The highest BCUT2D eigenvalue weighted by Crippen LogP contribution is 2.14. The number of allylic oxidation sites excluding steroid dienone is 1. The van der Waals surface area contributed by atoms with Crippen molar-refractivity contribution in [1.29, 1.82) is 0 Å². The van der Waals surface area contributed by atoms with Crippen LogP contribution in [0.4, 0.5) is 0 Å². The second-order valence-electron chi connectivity index (χ2n) is 8.13. The Labute approximate surface area is 176 Å². The van der Waals surface area contributed by atoms with Crippen LogP contribution in [0, 0.1) is 0 Å². The van der Waals surface area contributed by atoms with Gasteiger partial charge in [-0.05, 0) is 31.8 Å². The van der Waals surface area contributed by atoms with E-state index in [-0.39, 0.29) is 12.1 Å². The molecule has 0 aliphatic rings. The zero-order chi connectivity index (χ0) is 20.7. The number of carbonyl (C=O) groups is 1.